The number of benzene rings is 2. The molecular weight excluding hydrogens is 250 g/mol. The number of aromatic nitrogens is 2. The van der Waals surface area contributed by atoms with Gasteiger partial charge in [0.1, 0.15) is 0 Å². The molecule has 0 fully saturated rings. The maximum Gasteiger partial charge on any atom is 0.286 e. The Morgan fingerprint density at radius 1 is 1.00 bits per heavy atom. The number of carbonyl (C=O) groups is 1. The van der Waals surface area contributed by atoms with Gasteiger partial charge in [-0.15, -0.1) is 0 Å². The maximum atomic E-state index is 11.2. The quantitative estimate of drug-likeness (QED) is 0.772. The minimum absolute atomic E-state index is 0.0492. The molecule has 0 aliphatic rings. The Bertz CT molecular complexity index is 812. The van der Waals surface area contributed by atoms with Crippen LogP contribution in [0.3, 0.4) is 0 Å². The Morgan fingerprint density at radius 3 is 2.50 bits per heavy atom. The van der Waals surface area contributed by atoms with E-state index in [2.05, 4.69) is 16.0 Å². The van der Waals surface area contributed by atoms with Crippen LogP contribution >= 0.6 is 0 Å². The van der Waals surface area contributed by atoms with E-state index in [1.165, 1.54) is 0 Å². The third kappa shape index (κ3) is 2.23. The lowest BCUT2D eigenvalue weighted by Crippen LogP contribution is -2.16. The minimum Gasteiger partial charge on any atom is -0.363 e. The van der Waals surface area contributed by atoms with E-state index in [0.29, 0.717) is 5.69 Å². The van der Waals surface area contributed by atoms with E-state index in [4.69, 9.17) is 5.73 Å². The summed E-state index contributed by atoms with van der Waals surface area (Å²) in [6, 6.07) is 16.0. The van der Waals surface area contributed by atoms with Gasteiger partial charge in [0.2, 0.25) is 5.82 Å². The second-order valence-corrected chi connectivity index (χ2v) is 4.64. The van der Waals surface area contributed by atoms with Crippen LogP contribution in [0.4, 0.5) is 0 Å². The van der Waals surface area contributed by atoms with Gasteiger partial charge in [-0.25, -0.2) is 9.97 Å². The molecule has 1 aromatic heterocycles. The van der Waals surface area contributed by atoms with Gasteiger partial charge in [-0.05, 0) is 29.8 Å². The van der Waals surface area contributed by atoms with Crippen LogP contribution in [-0.2, 0) is 0 Å². The molecule has 0 unspecified atom stereocenters. The van der Waals surface area contributed by atoms with Gasteiger partial charge in [-0.2, -0.15) is 0 Å². The van der Waals surface area contributed by atoms with Crippen LogP contribution in [0.15, 0.2) is 48.5 Å². The summed E-state index contributed by atoms with van der Waals surface area (Å²) in [7, 11) is 0. The SMILES string of the molecule is Cc1cc(-c2ccc3ccccc3c2)nc(C(N)=O)n1. The van der Waals surface area contributed by atoms with E-state index >= 15 is 0 Å². The van der Waals surface area contributed by atoms with Crippen molar-refractivity contribution in [2.75, 3.05) is 0 Å². The molecule has 0 saturated carbocycles. The average Bonchev–Trinajstić information content (AvgIpc) is 2.46. The van der Waals surface area contributed by atoms with Crippen molar-refractivity contribution in [3.8, 4) is 11.3 Å². The molecule has 3 aromatic rings. The molecule has 2 aromatic carbocycles. The molecule has 3 rings (SSSR count). The molecule has 2 N–H and O–H groups in total. The van der Waals surface area contributed by atoms with Crippen LogP contribution in [0.5, 0.6) is 0 Å². The molecule has 98 valence electrons. The van der Waals surface area contributed by atoms with Gasteiger partial charge in [0.15, 0.2) is 0 Å². The minimum atomic E-state index is -0.615. The van der Waals surface area contributed by atoms with Crippen molar-refractivity contribution in [3.05, 3.63) is 60.0 Å². The number of primary amides is 1. The highest BCUT2D eigenvalue weighted by molar-refractivity contribution is 5.90. The summed E-state index contributed by atoms with van der Waals surface area (Å²) >= 11 is 0. The molecule has 4 heteroatoms. The fourth-order valence-electron chi connectivity index (χ4n) is 2.18. The first-order valence-corrected chi connectivity index (χ1v) is 6.28. The lowest BCUT2D eigenvalue weighted by atomic mass is 10.0. The zero-order chi connectivity index (χ0) is 14.1. The van der Waals surface area contributed by atoms with Crippen molar-refractivity contribution in [3.63, 3.8) is 0 Å². The Morgan fingerprint density at radius 2 is 1.75 bits per heavy atom. The fraction of sp³-hybridized carbons (Fsp3) is 0.0625. The number of aryl methyl sites for hydroxylation is 1. The Kier molecular flexibility index (Phi) is 2.91. The summed E-state index contributed by atoms with van der Waals surface area (Å²) in [5, 5.41) is 2.29. The van der Waals surface area contributed by atoms with Crippen molar-refractivity contribution < 1.29 is 4.79 Å². The monoisotopic (exact) mass is 263 g/mol. The van der Waals surface area contributed by atoms with Gasteiger partial charge < -0.3 is 5.73 Å². The molecule has 20 heavy (non-hydrogen) atoms. The Hall–Kier alpha value is -2.75. The topological polar surface area (TPSA) is 68.9 Å². The van der Waals surface area contributed by atoms with E-state index in [0.717, 1.165) is 22.0 Å². The lowest BCUT2D eigenvalue weighted by Gasteiger charge is -2.06. The first kappa shape index (κ1) is 12.3. The average molecular weight is 263 g/mol. The molecule has 0 bridgehead atoms. The highest BCUT2D eigenvalue weighted by Gasteiger charge is 2.09. The predicted molar refractivity (Wildman–Crippen MR) is 78.2 cm³/mol. The van der Waals surface area contributed by atoms with E-state index in [1.807, 2.05) is 49.4 Å². The van der Waals surface area contributed by atoms with Crippen LogP contribution in [0.25, 0.3) is 22.0 Å². The van der Waals surface area contributed by atoms with Gasteiger partial charge >= 0.3 is 0 Å². The Labute approximate surface area is 116 Å². The van der Waals surface area contributed by atoms with E-state index in [-0.39, 0.29) is 5.82 Å². The highest BCUT2D eigenvalue weighted by atomic mass is 16.1. The van der Waals surface area contributed by atoms with Gasteiger partial charge in [0.25, 0.3) is 5.91 Å². The number of amides is 1. The van der Waals surface area contributed by atoms with Crippen LogP contribution in [0, 0.1) is 6.92 Å². The largest absolute Gasteiger partial charge is 0.363 e. The highest BCUT2D eigenvalue weighted by Crippen LogP contribution is 2.23. The van der Waals surface area contributed by atoms with E-state index in [1.54, 1.807) is 0 Å². The van der Waals surface area contributed by atoms with E-state index in [9.17, 15) is 4.79 Å². The third-order valence-corrected chi connectivity index (χ3v) is 3.12. The molecular formula is C16H13N3O. The maximum absolute atomic E-state index is 11.2. The number of rotatable bonds is 2. The molecule has 0 aliphatic heterocycles. The van der Waals surface area contributed by atoms with Crippen molar-refractivity contribution in [2.45, 2.75) is 6.92 Å². The molecule has 0 radical (unpaired) electrons. The van der Waals surface area contributed by atoms with Crippen LogP contribution in [0.2, 0.25) is 0 Å². The molecule has 1 amide bonds. The molecule has 0 saturated heterocycles. The first-order valence-electron chi connectivity index (χ1n) is 6.28. The second-order valence-electron chi connectivity index (χ2n) is 4.64. The zero-order valence-corrected chi connectivity index (χ0v) is 11.0. The summed E-state index contributed by atoms with van der Waals surface area (Å²) in [6.45, 7) is 1.82. The smallest absolute Gasteiger partial charge is 0.286 e. The molecule has 4 nitrogen and oxygen atoms in total. The van der Waals surface area contributed by atoms with Crippen molar-refractivity contribution in [2.24, 2.45) is 5.73 Å². The number of hydrogen-bond donors (Lipinski definition) is 1. The number of nitrogens with zero attached hydrogens (tertiary/aromatic N) is 2. The molecule has 1 heterocycles. The van der Waals surface area contributed by atoms with Gasteiger partial charge in [0.05, 0.1) is 5.69 Å². The molecule has 0 aliphatic carbocycles. The van der Waals surface area contributed by atoms with Crippen LogP contribution < -0.4 is 5.73 Å². The van der Waals surface area contributed by atoms with Gasteiger partial charge in [-0.1, -0.05) is 36.4 Å². The van der Waals surface area contributed by atoms with Gasteiger partial charge in [-0.3, -0.25) is 4.79 Å². The van der Waals surface area contributed by atoms with Crippen molar-refractivity contribution in [1.82, 2.24) is 9.97 Å². The molecule has 0 atom stereocenters. The second kappa shape index (κ2) is 4.74. The van der Waals surface area contributed by atoms with Crippen molar-refractivity contribution >= 4 is 16.7 Å². The summed E-state index contributed by atoms with van der Waals surface area (Å²) in [6.07, 6.45) is 0. The van der Waals surface area contributed by atoms with Gasteiger partial charge in [0, 0.05) is 11.3 Å². The van der Waals surface area contributed by atoms with Crippen LogP contribution in [0.1, 0.15) is 16.3 Å². The number of fused-ring (bicyclic) bond motifs is 1. The third-order valence-electron chi connectivity index (χ3n) is 3.12. The number of carbonyl (C=O) groups excluding carboxylic acids is 1. The summed E-state index contributed by atoms with van der Waals surface area (Å²) in [4.78, 5) is 19.5. The standard InChI is InChI=1S/C16H13N3O/c1-10-8-14(19-16(18-10)15(17)20)13-7-6-11-4-2-3-5-12(11)9-13/h2-9H,1H3,(H2,17,20). The summed E-state index contributed by atoms with van der Waals surface area (Å²) in [5.41, 5.74) is 7.62. The fourth-order valence-corrected chi connectivity index (χ4v) is 2.18. The van der Waals surface area contributed by atoms with Crippen molar-refractivity contribution in [1.29, 1.82) is 0 Å². The first-order chi connectivity index (χ1) is 9.63. The van der Waals surface area contributed by atoms with Crippen LogP contribution in [-0.4, -0.2) is 15.9 Å². The summed E-state index contributed by atoms with van der Waals surface area (Å²) < 4.78 is 0. The normalized spacial score (nSPS) is 10.7. The zero-order valence-electron chi connectivity index (χ0n) is 11.0. The lowest BCUT2D eigenvalue weighted by molar-refractivity contribution is 0.0990. The number of hydrogen-bond acceptors (Lipinski definition) is 3. The molecule has 0 spiro atoms. The summed E-state index contributed by atoms with van der Waals surface area (Å²) in [5.74, 6) is -0.566. The predicted octanol–water partition coefficient (Wildman–Crippen LogP) is 2.70. The number of nitrogens with two attached hydrogens (primary N) is 1. The van der Waals surface area contributed by atoms with E-state index < -0.39 is 5.91 Å². The Balaban J connectivity index is 2.17.